The van der Waals surface area contributed by atoms with Crippen molar-refractivity contribution in [2.75, 3.05) is 12.5 Å². The molecule has 0 bridgehead atoms. The summed E-state index contributed by atoms with van der Waals surface area (Å²) in [7, 11) is 1.75. The average Bonchev–Trinajstić information content (AvgIpc) is 2.55. The first-order valence-corrected chi connectivity index (χ1v) is 3.85. The molecule has 66 valence electrons. The topological polar surface area (TPSA) is 46.1 Å². The number of likely N-dealkylation sites (N-methyl/N-ethyl adjacent to an activating group) is 1. The summed E-state index contributed by atoms with van der Waals surface area (Å²) in [6.07, 6.45) is 3.56. The van der Waals surface area contributed by atoms with Crippen LogP contribution in [0.15, 0.2) is 24.5 Å². The highest BCUT2D eigenvalue weighted by Gasteiger charge is 2.08. The van der Waals surface area contributed by atoms with Gasteiger partial charge in [0.15, 0.2) is 0 Å². The Hall–Kier alpha value is -1.29. The molecule has 12 heavy (non-hydrogen) atoms. The molecule has 1 amide bonds. The molecule has 0 aliphatic heterocycles. The molecule has 1 heterocycles. The Morgan fingerprint density at radius 1 is 1.42 bits per heavy atom. The van der Waals surface area contributed by atoms with E-state index in [4.69, 9.17) is 0 Å². The minimum atomic E-state index is -0.174. The Labute approximate surface area is 71.5 Å². The number of nitrogens with zero attached hydrogens (tertiary/aromatic N) is 1. The largest absolute Gasteiger partial charge is 0.309 e. The van der Waals surface area contributed by atoms with Gasteiger partial charge in [0.25, 0.3) is 5.91 Å². The SMILES string of the molecule is CN[C@@H](C)C(=O)Nn1cccc1. The molecule has 0 fully saturated rings. The van der Waals surface area contributed by atoms with Crippen LogP contribution >= 0.6 is 0 Å². The van der Waals surface area contributed by atoms with Crippen LogP contribution in [0.1, 0.15) is 6.92 Å². The third kappa shape index (κ3) is 2.10. The first-order chi connectivity index (χ1) is 5.74. The Morgan fingerprint density at radius 3 is 2.50 bits per heavy atom. The van der Waals surface area contributed by atoms with E-state index in [-0.39, 0.29) is 11.9 Å². The van der Waals surface area contributed by atoms with Crippen LogP contribution in [0.25, 0.3) is 0 Å². The second-order valence-corrected chi connectivity index (χ2v) is 2.58. The van der Waals surface area contributed by atoms with Gasteiger partial charge in [0.1, 0.15) is 0 Å². The molecule has 0 saturated carbocycles. The molecule has 0 aliphatic carbocycles. The van der Waals surface area contributed by atoms with Gasteiger partial charge in [0, 0.05) is 12.4 Å². The van der Waals surface area contributed by atoms with Gasteiger partial charge in [-0.05, 0) is 26.1 Å². The fourth-order valence-corrected chi connectivity index (χ4v) is 0.764. The first-order valence-electron chi connectivity index (χ1n) is 3.85. The molecule has 4 nitrogen and oxygen atoms in total. The number of carbonyl (C=O) groups excluding carboxylic acids is 1. The van der Waals surface area contributed by atoms with Crippen molar-refractivity contribution < 1.29 is 4.79 Å². The maximum atomic E-state index is 11.2. The van der Waals surface area contributed by atoms with Crippen LogP contribution in [0.3, 0.4) is 0 Å². The monoisotopic (exact) mass is 167 g/mol. The molecule has 1 aromatic rings. The number of hydrogen-bond acceptors (Lipinski definition) is 2. The third-order valence-electron chi connectivity index (χ3n) is 1.67. The lowest BCUT2D eigenvalue weighted by atomic mass is 10.3. The average molecular weight is 167 g/mol. The van der Waals surface area contributed by atoms with Gasteiger partial charge in [-0.1, -0.05) is 0 Å². The lowest BCUT2D eigenvalue weighted by Gasteiger charge is -2.11. The molecular weight excluding hydrogens is 154 g/mol. The molecule has 0 unspecified atom stereocenters. The maximum absolute atomic E-state index is 11.2. The van der Waals surface area contributed by atoms with Crippen LogP contribution in [-0.4, -0.2) is 23.7 Å². The van der Waals surface area contributed by atoms with E-state index in [0.29, 0.717) is 0 Å². The highest BCUT2D eigenvalue weighted by atomic mass is 16.2. The lowest BCUT2D eigenvalue weighted by Crippen LogP contribution is -2.38. The lowest BCUT2D eigenvalue weighted by molar-refractivity contribution is -0.118. The Bertz CT molecular complexity index is 243. The number of amides is 1. The fourth-order valence-electron chi connectivity index (χ4n) is 0.764. The number of nitrogens with one attached hydrogen (secondary N) is 2. The summed E-state index contributed by atoms with van der Waals surface area (Å²) < 4.78 is 1.62. The molecule has 0 spiro atoms. The van der Waals surface area contributed by atoms with Gasteiger partial charge in [-0.3, -0.25) is 14.9 Å². The predicted molar refractivity (Wildman–Crippen MR) is 47.3 cm³/mol. The van der Waals surface area contributed by atoms with Crippen LogP contribution < -0.4 is 10.7 Å². The summed E-state index contributed by atoms with van der Waals surface area (Å²) in [5.74, 6) is -0.0475. The molecule has 0 aromatic carbocycles. The van der Waals surface area contributed by atoms with Crippen molar-refractivity contribution in [2.24, 2.45) is 0 Å². The van der Waals surface area contributed by atoms with E-state index in [1.54, 1.807) is 31.0 Å². The summed E-state index contributed by atoms with van der Waals surface area (Å²) in [5.41, 5.74) is 2.69. The van der Waals surface area contributed by atoms with Crippen molar-refractivity contribution >= 4 is 5.91 Å². The van der Waals surface area contributed by atoms with Gasteiger partial charge in [-0.25, -0.2) is 0 Å². The number of hydrogen-bond donors (Lipinski definition) is 2. The molecule has 1 aromatic heterocycles. The Kier molecular flexibility index (Phi) is 2.88. The minimum absolute atomic E-state index is 0.0475. The molecule has 0 aliphatic rings. The third-order valence-corrected chi connectivity index (χ3v) is 1.67. The van der Waals surface area contributed by atoms with Crippen molar-refractivity contribution in [1.82, 2.24) is 9.99 Å². The van der Waals surface area contributed by atoms with Crippen molar-refractivity contribution in [3.8, 4) is 0 Å². The maximum Gasteiger partial charge on any atom is 0.255 e. The van der Waals surface area contributed by atoms with Crippen LogP contribution in [0, 0.1) is 0 Å². The zero-order chi connectivity index (χ0) is 8.97. The van der Waals surface area contributed by atoms with E-state index >= 15 is 0 Å². The number of rotatable bonds is 3. The van der Waals surface area contributed by atoms with Gasteiger partial charge in [0.2, 0.25) is 0 Å². The van der Waals surface area contributed by atoms with E-state index in [2.05, 4.69) is 10.7 Å². The van der Waals surface area contributed by atoms with Gasteiger partial charge < -0.3 is 5.32 Å². The first kappa shape index (κ1) is 8.80. The molecule has 4 heteroatoms. The van der Waals surface area contributed by atoms with E-state index in [1.165, 1.54) is 0 Å². The van der Waals surface area contributed by atoms with Gasteiger partial charge in [0.05, 0.1) is 6.04 Å². The second-order valence-electron chi connectivity index (χ2n) is 2.58. The molecule has 1 atom stereocenters. The fraction of sp³-hybridized carbons (Fsp3) is 0.375. The molecule has 2 N–H and O–H groups in total. The van der Waals surface area contributed by atoms with Crippen molar-refractivity contribution in [2.45, 2.75) is 13.0 Å². The van der Waals surface area contributed by atoms with E-state index in [9.17, 15) is 4.79 Å². The van der Waals surface area contributed by atoms with Gasteiger partial charge in [-0.2, -0.15) is 0 Å². The molecule has 0 radical (unpaired) electrons. The summed E-state index contributed by atoms with van der Waals surface area (Å²) in [5, 5.41) is 2.85. The van der Waals surface area contributed by atoms with Crippen molar-refractivity contribution in [3.05, 3.63) is 24.5 Å². The van der Waals surface area contributed by atoms with Crippen molar-refractivity contribution in [1.29, 1.82) is 0 Å². The van der Waals surface area contributed by atoms with Crippen LogP contribution in [0.5, 0.6) is 0 Å². The molecule has 1 rings (SSSR count). The van der Waals surface area contributed by atoms with E-state index < -0.39 is 0 Å². The zero-order valence-electron chi connectivity index (χ0n) is 7.24. The minimum Gasteiger partial charge on any atom is -0.309 e. The second kappa shape index (κ2) is 3.92. The van der Waals surface area contributed by atoms with Gasteiger partial charge in [-0.15, -0.1) is 0 Å². The quantitative estimate of drug-likeness (QED) is 0.674. The Morgan fingerprint density at radius 2 is 2.00 bits per heavy atom. The Balaban J connectivity index is 2.47. The predicted octanol–water partition coefficient (Wildman–Crippen LogP) is 0.166. The standard InChI is InChI=1S/C8H13N3O/c1-7(9-2)8(12)10-11-5-3-4-6-11/h3-7,9H,1-2H3,(H,10,12)/t7-/m0/s1. The summed E-state index contributed by atoms with van der Waals surface area (Å²) >= 11 is 0. The normalized spacial score (nSPS) is 12.5. The molecule has 0 saturated heterocycles. The van der Waals surface area contributed by atoms with E-state index in [1.807, 2.05) is 12.1 Å². The molecular formula is C8H13N3O. The summed E-state index contributed by atoms with van der Waals surface area (Å²) in [6, 6.07) is 3.53. The smallest absolute Gasteiger partial charge is 0.255 e. The van der Waals surface area contributed by atoms with E-state index in [0.717, 1.165) is 0 Å². The van der Waals surface area contributed by atoms with Crippen LogP contribution in [0.2, 0.25) is 0 Å². The summed E-state index contributed by atoms with van der Waals surface area (Å²) in [4.78, 5) is 11.2. The van der Waals surface area contributed by atoms with Gasteiger partial charge >= 0.3 is 0 Å². The number of aromatic nitrogens is 1. The van der Waals surface area contributed by atoms with Crippen LogP contribution in [0.4, 0.5) is 0 Å². The highest BCUT2D eigenvalue weighted by molar-refractivity contribution is 5.88. The number of carbonyl (C=O) groups is 1. The highest BCUT2D eigenvalue weighted by Crippen LogP contribution is 1.87. The zero-order valence-corrected chi connectivity index (χ0v) is 7.24. The van der Waals surface area contributed by atoms with Crippen LogP contribution in [-0.2, 0) is 4.79 Å². The summed E-state index contributed by atoms with van der Waals surface area (Å²) in [6.45, 7) is 1.80. The van der Waals surface area contributed by atoms with Crippen molar-refractivity contribution in [3.63, 3.8) is 0 Å².